The van der Waals surface area contributed by atoms with E-state index in [1.165, 1.54) is 4.90 Å². The number of nitrogens with zero attached hydrogens (tertiary/aromatic N) is 3. The minimum Gasteiger partial charge on any atom is -0.335 e. The highest BCUT2D eigenvalue weighted by Crippen LogP contribution is 2.27. The van der Waals surface area contributed by atoms with Crippen LogP contribution in [0, 0.1) is 6.92 Å². The minimum atomic E-state index is -0.311. The van der Waals surface area contributed by atoms with E-state index in [-0.39, 0.29) is 18.4 Å². The molecule has 30 heavy (non-hydrogen) atoms. The number of amides is 2. The Morgan fingerprint density at radius 3 is 2.40 bits per heavy atom. The second kappa shape index (κ2) is 8.16. The van der Waals surface area contributed by atoms with Crippen molar-refractivity contribution in [1.29, 1.82) is 0 Å². The number of rotatable bonds is 5. The molecule has 2 amide bonds. The minimum absolute atomic E-state index is 0.0947. The molecule has 1 N–H and O–H groups in total. The number of aromatic nitrogens is 2. The first-order chi connectivity index (χ1) is 14.5. The summed E-state index contributed by atoms with van der Waals surface area (Å²) in [7, 11) is 1.59. The van der Waals surface area contributed by atoms with Crippen LogP contribution >= 0.6 is 0 Å². The van der Waals surface area contributed by atoms with Gasteiger partial charge >= 0.3 is 0 Å². The molecule has 7 heteroatoms. The van der Waals surface area contributed by atoms with Crippen LogP contribution in [-0.4, -0.2) is 40.4 Å². The highest BCUT2D eigenvalue weighted by atomic mass is 16.5. The average molecular weight is 400 g/mol. The first kappa shape index (κ1) is 19.3. The number of carbonyl (C=O) groups excluding carboxylic acids is 2. The van der Waals surface area contributed by atoms with Crippen LogP contribution in [0.1, 0.15) is 16.1 Å². The number of hydrogen-bond donors (Lipinski definition) is 1. The molecule has 0 aliphatic rings. The third-order valence-electron chi connectivity index (χ3n) is 4.70. The molecule has 0 unspecified atom stereocenters. The van der Waals surface area contributed by atoms with Gasteiger partial charge in [0.15, 0.2) is 0 Å². The van der Waals surface area contributed by atoms with Crippen molar-refractivity contribution in [2.45, 2.75) is 6.92 Å². The Bertz CT molecular complexity index is 1200. The SMILES string of the molecule is Cc1noc2nc(-c3ccccc3)cc(C(=O)N(C)CC(=O)Nc3ccccc3)c12. The monoisotopic (exact) mass is 400 g/mol. The van der Waals surface area contributed by atoms with Gasteiger partial charge in [0, 0.05) is 18.3 Å². The van der Waals surface area contributed by atoms with Crippen molar-refractivity contribution in [1.82, 2.24) is 15.0 Å². The standard InChI is InChI=1S/C23H20N4O3/c1-15-21-18(13-19(25-22(21)30-26-15)16-9-5-3-6-10-16)23(29)27(2)14-20(28)24-17-11-7-4-8-12-17/h3-13H,14H2,1-2H3,(H,24,28). The summed E-state index contributed by atoms with van der Waals surface area (Å²) in [6.45, 7) is 1.66. The number of para-hydroxylation sites is 1. The van der Waals surface area contributed by atoms with Gasteiger partial charge in [0.25, 0.3) is 11.6 Å². The van der Waals surface area contributed by atoms with Crippen LogP contribution in [0.2, 0.25) is 0 Å². The predicted molar refractivity (Wildman–Crippen MR) is 114 cm³/mol. The molecule has 0 aliphatic heterocycles. The quantitative estimate of drug-likeness (QED) is 0.549. The van der Waals surface area contributed by atoms with Gasteiger partial charge in [-0.2, -0.15) is 0 Å². The maximum absolute atomic E-state index is 13.2. The van der Waals surface area contributed by atoms with Crippen LogP contribution < -0.4 is 5.32 Å². The molecule has 2 heterocycles. The van der Waals surface area contributed by atoms with Gasteiger partial charge in [-0.3, -0.25) is 9.59 Å². The van der Waals surface area contributed by atoms with Gasteiger partial charge in [-0.15, -0.1) is 0 Å². The normalized spacial score (nSPS) is 10.7. The third kappa shape index (κ3) is 3.91. The van der Waals surface area contributed by atoms with Crippen LogP contribution in [0.15, 0.2) is 71.3 Å². The van der Waals surface area contributed by atoms with E-state index in [1.807, 2.05) is 48.5 Å². The first-order valence-corrected chi connectivity index (χ1v) is 9.46. The topological polar surface area (TPSA) is 88.3 Å². The fourth-order valence-corrected chi connectivity index (χ4v) is 3.24. The lowest BCUT2D eigenvalue weighted by molar-refractivity contribution is -0.116. The van der Waals surface area contributed by atoms with E-state index in [4.69, 9.17) is 4.52 Å². The van der Waals surface area contributed by atoms with Gasteiger partial charge in [0.1, 0.15) is 0 Å². The maximum Gasteiger partial charge on any atom is 0.259 e. The Hall–Kier alpha value is -4.00. The van der Waals surface area contributed by atoms with Crippen LogP contribution in [0.5, 0.6) is 0 Å². The average Bonchev–Trinajstić information content (AvgIpc) is 3.14. The van der Waals surface area contributed by atoms with Crippen molar-refractivity contribution in [3.8, 4) is 11.3 Å². The molecule has 0 saturated carbocycles. The summed E-state index contributed by atoms with van der Waals surface area (Å²) in [6, 6.07) is 20.3. The number of benzene rings is 2. The van der Waals surface area contributed by atoms with E-state index in [9.17, 15) is 9.59 Å². The molecule has 7 nitrogen and oxygen atoms in total. The van der Waals surface area contributed by atoms with E-state index in [0.29, 0.717) is 33.7 Å². The molecular formula is C23H20N4O3. The predicted octanol–water partition coefficient (Wildman–Crippen LogP) is 3.91. The first-order valence-electron chi connectivity index (χ1n) is 9.46. The van der Waals surface area contributed by atoms with E-state index in [2.05, 4.69) is 15.5 Å². The summed E-state index contributed by atoms with van der Waals surface area (Å²) in [5.74, 6) is -0.596. The van der Waals surface area contributed by atoms with E-state index in [0.717, 1.165) is 5.56 Å². The van der Waals surface area contributed by atoms with Crippen molar-refractivity contribution in [3.63, 3.8) is 0 Å². The number of likely N-dealkylation sites (N-methyl/N-ethyl adjacent to an activating group) is 1. The molecular weight excluding hydrogens is 380 g/mol. The fourth-order valence-electron chi connectivity index (χ4n) is 3.24. The molecule has 0 radical (unpaired) electrons. The molecule has 0 atom stereocenters. The van der Waals surface area contributed by atoms with Crippen molar-refractivity contribution in [3.05, 3.63) is 78.0 Å². The Morgan fingerprint density at radius 2 is 1.70 bits per heavy atom. The van der Waals surface area contributed by atoms with Gasteiger partial charge < -0.3 is 14.7 Å². The molecule has 0 aliphatic carbocycles. The van der Waals surface area contributed by atoms with Crippen molar-refractivity contribution >= 4 is 28.6 Å². The molecule has 150 valence electrons. The van der Waals surface area contributed by atoms with Crippen LogP contribution in [0.25, 0.3) is 22.4 Å². The van der Waals surface area contributed by atoms with E-state index in [1.54, 1.807) is 32.2 Å². The van der Waals surface area contributed by atoms with Gasteiger partial charge in [0.05, 0.1) is 28.9 Å². The second-order valence-corrected chi connectivity index (χ2v) is 6.94. The molecule has 0 spiro atoms. The summed E-state index contributed by atoms with van der Waals surface area (Å²) >= 11 is 0. The van der Waals surface area contributed by atoms with Gasteiger partial charge in [0.2, 0.25) is 5.91 Å². The second-order valence-electron chi connectivity index (χ2n) is 6.94. The van der Waals surface area contributed by atoms with Crippen molar-refractivity contribution in [2.24, 2.45) is 0 Å². The zero-order chi connectivity index (χ0) is 21.1. The zero-order valence-electron chi connectivity index (χ0n) is 16.6. The lowest BCUT2D eigenvalue weighted by Gasteiger charge is -2.18. The fraction of sp³-hybridized carbons (Fsp3) is 0.130. The summed E-state index contributed by atoms with van der Waals surface area (Å²) in [6.07, 6.45) is 0. The highest BCUT2D eigenvalue weighted by Gasteiger charge is 2.23. The summed E-state index contributed by atoms with van der Waals surface area (Å²) < 4.78 is 5.33. The molecule has 4 rings (SSSR count). The van der Waals surface area contributed by atoms with Gasteiger partial charge in [-0.1, -0.05) is 53.7 Å². The Kier molecular flexibility index (Phi) is 5.26. The molecule has 2 aromatic carbocycles. The number of hydrogen-bond acceptors (Lipinski definition) is 5. The van der Waals surface area contributed by atoms with Crippen LogP contribution in [-0.2, 0) is 4.79 Å². The molecule has 0 saturated heterocycles. The lowest BCUT2D eigenvalue weighted by atomic mass is 10.0. The Labute approximate surface area is 173 Å². The summed E-state index contributed by atoms with van der Waals surface area (Å²) in [5, 5.41) is 7.30. The number of nitrogens with one attached hydrogen (secondary N) is 1. The lowest BCUT2D eigenvalue weighted by Crippen LogP contribution is -2.35. The van der Waals surface area contributed by atoms with Gasteiger partial charge in [-0.25, -0.2) is 4.98 Å². The summed E-state index contributed by atoms with van der Waals surface area (Å²) in [4.78, 5) is 31.5. The zero-order valence-corrected chi connectivity index (χ0v) is 16.6. The molecule has 0 fully saturated rings. The van der Waals surface area contributed by atoms with Crippen molar-refractivity contribution in [2.75, 3.05) is 18.9 Å². The largest absolute Gasteiger partial charge is 0.335 e. The molecule has 4 aromatic rings. The highest BCUT2D eigenvalue weighted by molar-refractivity contribution is 6.08. The number of aryl methyl sites for hydroxylation is 1. The number of fused-ring (bicyclic) bond motifs is 1. The Balaban J connectivity index is 1.63. The number of carbonyl (C=O) groups is 2. The van der Waals surface area contributed by atoms with Crippen molar-refractivity contribution < 1.29 is 14.1 Å². The Morgan fingerprint density at radius 1 is 1.03 bits per heavy atom. The van der Waals surface area contributed by atoms with Crippen LogP contribution in [0.4, 0.5) is 5.69 Å². The summed E-state index contributed by atoms with van der Waals surface area (Å²) in [5.41, 5.74) is 3.39. The number of anilines is 1. The number of pyridine rings is 1. The molecule has 2 aromatic heterocycles. The maximum atomic E-state index is 13.2. The molecule has 0 bridgehead atoms. The van der Waals surface area contributed by atoms with Gasteiger partial charge in [-0.05, 0) is 25.1 Å². The van der Waals surface area contributed by atoms with E-state index < -0.39 is 0 Å². The van der Waals surface area contributed by atoms with Crippen LogP contribution in [0.3, 0.4) is 0 Å². The third-order valence-corrected chi connectivity index (χ3v) is 4.70. The van der Waals surface area contributed by atoms with E-state index >= 15 is 0 Å². The smallest absolute Gasteiger partial charge is 0.259 e.